The first-order chi connectivity index (χ1) is 8.88. The third-order valence-electron chi connectivity index (χ3n) is 2.37. The minimum atomic E-state index is -3.79. The van der Waals surface area contributed by atoms with Crippen molar-refractivity contribution < 1.29 is 12.8 Å². The molecule has 0 fully saturated rings. The number of sulfonamides is 1. The summed E-state index contributed by atoms with van der Waals surface area (Å²) in [6, 6.07) is 10.4. The second-order valence-electron chi connectivity index (χ2n) is 3.78. The molecule has 2 aromatic carbocycles. The lowest BCUT2D eigenvalue weighted by Crippen LogP contribution is -2.12. The third-order valence-corrected chi connectivity index (χ3v) is 4.42. The quantitative estimate of drug-likeness (QED) is 0.851. The average Bonchev–Trinajstić information content (AvgIpc) is 2.33. The standard InChI is InChI=1S/C12H11FN2O2S2/c13-9-3-1-2-4-11(9)18-12-6-5-8(7-10(12)14)19(15,16)17/h1-7H,14H2,(H2,15,16,17). The maximum Gasteiger partial charge on any atom is 0.238 e. The van der Waals surface area contributed by atoms with Gasteiger partial charge in [-0.2, -0.15) is 0 Å². The lowest BCUT2D eigenvalue weighted by Gasteiger charge is -2.07. The molecule has 4 N–H and O–H groups in total. The van der Waals surface area contributed by atoms with Crippen LogP contribution in [0, 0.1) is 5.82 Å². The number of hydrogen-bond acceptors (Lipinski definition) is 4. The Morgan fingerprint density at radius 2 is 1.74 bits per heavy atom. The molecule has 2 aromatic rings. The van der Waals surface area contributed by atoms with E-state index < -0.39 is 10.0 Å². The van der Waals surface area contributed by atoms with E-state index >= 15 is 0 Å². The largest absolute Gasteiger partial charge is 0.398 e. The molecule has 0 unspecified atom stereocenters. The summed E-state index contributed by atoms with van der Waals surface area (Å²) >= 11 is 1.12. The Morgan fingerprint density at radius 3 is 2.32 bits per heavy atom. The van der Waals surface area contributed by atoms with Crippen molar-refractivity contribution in [3.8, 4) is 0 Å². The minimum Gasteiger partial charge on any atom is -0.398 e. The van der Waals surface area contributed by atoms with Gasteiger partial charge in [0.05, 0.1) is 4.90 Å². The van der Waals surface area contributed by atoms with E-state index in [4.69, 9.17) is 10.9 Å². The Hall–Kier alpha value is -1.57. The Labute approximate surface area is 114 Å². The van der Waals surface area contributed by atoms with Gasteiger partial charge in [0.1, 0.15) is 5.82 Å². The van der Waals surface area contributed by atoms with E-state index in [1.165, 1.54) is 24.3 Å². The normalized spacial score (nSPS) is 11.5. The summed E-state index contributed by atoms with van der Waals surface area (Å²) in [7, 11) is -3.79. The highest BCUT2D eigenvalue weighted by molar-refractivity contribution is 7.99. The van der Waals surface area contributed by atoms with Crippen molar-refractivity contribution in [1.29, 1.82) is 0 Å². The van der Waals surface area contributed by atoms with Gasteiger partial charge in [-0.3, -0.25) is 0 Å². The van der Waals surface area contributed by atoms with Crippen LogP contribution >= 0.6 is 11.8 Å². The molecule has 0 saturated carbocycles. The summed E-state index contributed by atoms with van der Waals surface area (Å²) in [4.78, 5) is 0.915. The summed E-state index contributed by atoms with van der Waals surface area (Å²) in [6.07, 6.45) is 0. The number of primary sulfonamides is 1. The van der Waals surface area contributed by atoms with Crippen molar-refractivity contribution in [2.75, 3.05) is 5.73 Å². The Morgan fingerprint density at radius 1 is 1.05 bits per heavy atom. The lowest BCUT2D eigenvalue weighted by molar-refractivity contribution is 0.597. The van der Waals surface area contributed by atoms with Crippen LogP contribution in [0.25, 0.3) is 0 Å². The Kier molecular flexibility index (Phi) is 3.79. The van der Waals surface area contributed by atoms with Gasteiger partial charge in [-0.25, -0.2) is 17.9 Å². The monoisotopic (exact) mass is 298 g/mol. The van der Waals surface area contributed by atoms with Crippen LogP contribution < -0.4 is 10.9 Å². The molecular weight excluding hydrogens is 287 g/mol. The molecule has 0 amide bonds. The fraction of sp³-hybridized carbons (Fsp3) is 0. The molecule has 4 nitrogen and oxygen atoms in total. The molecule has 19 heavy (non-hydrogen) atoms. The van der Waals surface area contributed by atoms with Crippen molar-refractivity contribution >= 4 is 27.5 Å². The SMILES string of the molecule is Nc1cc(S(N)(=O)=O)ccc1Sc1ccccc1F. The topological polar surface area (TPSA) is 86.2 Å². The minimum absolute atomic E-state index is 0.0668. The predicted molar refractivity (Wildman–Crippen MR) is 72.8 cm³/mol. The average molecular weight is 298 g/mol. The van der Waals surface area contributed by atoms with Gasteiger partial charge in [0.2, 0.25) is 10.0 Å². The van der Waals surface area contributed by atoms with Crippen LogP contribution in [0.15, 0.2) is 57.2 Å². The van der Waals surface area contributed by atoms with E-state index in [9.17, 15) is 12.8 Å². The second-order valence-corrected chi connectivity index (χ2v) is 6.42. The van der Waals surface area contributed by atoms with Crippen molar-refractivity contribution in [1.82, 2.24) is 0 Å². The van der Waals surface area contributed by atoms with Gasteiger partial charge >= 0.3 is 0 Å². The highest BCUT2D eigenvalue weighted by Crippen LogP contribution is 2.34. The van der Waals surface area contributed by atoms with E-state index in [0.717, 1.165) is 11.8 Å². The van der Waals surface area contributed by atoms with Gasteiger partial charge in [0, 0.05) is 15.5 Å². The maximum atomic E-state index is 13.5. The Balaban J connectivity index is 2.36. The molecule has 0 heterocycles. The maximum absolute atomic E-state index is 13.5. The molecule has 100 valence electrons. The zero-order valence-corrected chi connectivity index (χ0v) is 11.3. The summed E-state index contributed by atoms with van der Waals surface area (Å²) in [5.41, 5.74) is 5.99. The van der Waals surface area contributed by atoms with Gasteiger partial charge in [-0.15, -0.1) is 0 Å². The van der Waals surface area contributed by atoms with Gasteiger partial charge in [-0.05, 0) is 30.3 Å². The Bertz CT molecular complexity index is 717. The van der Waals surface area contributed by atoms with E-state index in [-0.39, 0.29) is 16.4 Å². The first-order valence-corrected chi connectivity index (χ1v) is 7.59. The third kappa shape index (κ3) is 3.25. The van der Waals surface area contributed by atoms with E-state index in [2.05, 4.69) is 0 Å². The van der Waals surface area contributed by atoms with Crippen molar-refractivity contribution in [3.05, 3.63) is 48.3 Å². The molecule has 0 aromatic heterocycles. The molecule has 0 spiro atoms. The van der Waals surface area contributed by atoms with E-state index in [1.807, 2.05) is 0 Å². The number of nitrogens with two attached hydrogens (primary N) is 2. The second kappa shape index (κ2) is 5.20. The number of benzene rings is 2. The molecule has 0 radical (unpaired) electrons. The number of halogens is 1. The first kappa shape index (κ1) is 13.9. The molecule has 0 atom stereocenters. The smallest absolute Gasteiger partial charge is 0.238 e. The van der Waals surface area contributed by atoms with Gasteiger partial charge < -0.3 is 5.73 Å². The molecular formula is C12H11FN2O2S2. The van der Waals surface area contributed by atoms with E-state index in [0.29, 0.717) is 9.79 Å². The number of nitrogen functional groups attached to an aromatic ring is 1. The zero-order valence-electron chi connectivity index (χ0n) is 9.71. The van der Waals surface area contributed by atoms with Crippen LogP contribution in [-0.2, 0) is 10.0 Å². The molecule has 0 aliphatic heterocycles. The highest BCUT2D eigenvalue weighted by atomic mass is 32.2. The molecule has 2 rings (SSSR count). The first-order valence-electron chi connectivity index (χ1n) is 5.22. The van der Waals surface area contributed by atoms with Gasteiger partial charge in [0.15, 0.2) is 0 Å². The lowest BCUT2D eigenvalue weighted by atomic mass is 10.3. The van der Waals surface area contributed by atoms with Gasteiger partial charge in [0.25, 0.3) is 0 Å². The molecule has 0 aliphatic carbocycles. The fourth-order valence-corrected chi connectivity index (χ4v) is 2.85. The van der Waals surface area contributed by atoms with Crippen LogP contribution in [-0.4, -0.2) is 8.42 Å². The molecule has 0 aliphatic rings. The highest BCUT2D eigenvalue weighted by Gasteiger charge is 2.11. The zero-order chi connectivity index (χ0) is 14.0. The molecule has 0 saturated heterocycles. The van der Waals surface area contributed by atoms with Gasteiger partial charge in [-0.1, -0.05) is 23.9 Å². The summed E-state index contributed by atoms with van der Waals surface area (Å²) in [5, 5.41) is 5.00. The van der Waals surface area contributed by atoms with Crippen LogP contribution in [0.4, 0.5) is 10.1 Å². The predicted octanol–water partition coefficient (Wildman–Crippen LogP) is 2.21. The fourth-order valence-electron chi connectivity index (χ4n) is 1.44. The summed E-state index contributed by atoms with van der Waals surface area (Å²) < 4.78 is 35.8. The summed E-state index contributed by atoms with van der Waals surface area (Å²) in [5.74, 6) is -0.359. The summed E-state index contributed by atoms with van der Waals surface area (Å²) in [6.45, 7) is 0. The van der Waals surface area contributed by atoms with Crippen LogP contribution in [0.1, 0.15) is 0 Å². The number of rotatable bonds is 3. The number of anilines is 1. The van der Waals surface area contributed by atoms with Crippen molar-refractivity contribution in [3.63, 3.8) is 0 Å². The molecule has 7 heteroatoms. The van der Waals surface area contributed by atoms with E-state index in [1.54, 1.807) is 18.2 Å². The van der Waals surface area contributed by atoms with Crippen LogP contribution in [0.3, 0.4) is 0 Å². The number of hydrogen-bond donors (Lipinski definition) is 2. The van der Waals surface area contributed by atoms with Crippen LogP contribution in [0.2, 0.25) is 0 Å². The van der Waals surface area contributed by atoms with Crippen molar-refractivity contribution in [2.45, 2.75) is 14.7 Å². The molecule has 0 bridgehead atoms. The van der Waals surface area contributed by atoms with Crippen molar-refractivity contribution in [2.24, 2.45) is 5.14 Å². The van der Waals surface area contributed by atoms with Crippen LogP contribution in [0.5, 0.6) is 0 Å².